The Hall–Kier alpha value is -1.57. The van der Waals surface area contributed by atoms with Crippen LogP contribution in [-0.4, -0.2) is 6.29 Å². The van der Waals surface area contributed by atoms with E-state index in [1.807, 2.05) is 19.9 Å². The quantitative estimate of drug-likeness (QED) is 0.643. The minimum absolute atomic E-state index is 0.435. The van der Waals surface area contributed by atoms with Crippen LogP contribution >= 0.6 is 0 Å². The van der Waals surface area contributed by atoms with Crippen LogP contribution in [0.5, 0.6) is 0 Å². The minimum atomic E-state index is 0.435. The molecule has 0 unspecified atom stereocenters. The summed E-state index contributed by atoms with van der Waals surface area (Å²) >= 11 is 0. The van der Waals surface area contributed by atoms with Crippen molar-refractivity contribution in [3.8, 4) is 0 Å². The summed E-state index contributed by atoms with van der Waals surface area (Å²) in [5.41, 5.74) is 4.13. The van der Waals surface area contributed by atoms with Crippen molar-refractivity contribution in [3.05, 3.63) is 34.6 Å². The van der Waals surface area contributed by atoms with Crippen LogP contribution < -0.4 is 0 Å². The Labute approximate surface area is 82.5 Å². The zero-order chi connectivity index (χ0) is 10.3. The van der Waals surface area contributed by atoms with Gasteiger partial charge in [0.15, 0.2) is 12.0 Å². The normalized spacial score (nSPS) is 10.8. The maximum Gasteiger partial charge on any atom is 0.185 e. The van der Waals surface area contributed by atoms with Crippen LogP contribution in [0.2, 0.25) is 0 Å². The highest BCUT2D eigenvalue weighted by atomic mass is 16.3. The second kappa shape index (κ2) is 2.98. The molecule has 2 heteroatoms. The van der Waals surface area contributed by atoms with E-state index in [1.165, 1.54) is 11.1 Å². The molecule has 1 heterocycles. The molecule has 0 aliphatic carbocycles. The molecule has 0 aliphatic heterocycles. The van der Waals surface area contributed by atoms with Gasteiger partial charge in [-0.2, -0.15) is 0 Å². The van der Waals surface area contributed by atoms with E-state index in [0.29, 0.717) is 5.76 Å². The van der Waals surface area contributed by atoms with E-state index in [2.05, 4.69) is 13.0 Å². The zero-order valence-corrected chi connectivity index (χ0v) is 8.55. The SMILES string of the molecule is Cc1cc2oc(C=O)c(C)c2cc1C. The van der Waals surface area contributed by atoms with Crippen molar-refractivity contribution in [2.24, 2.45) is 0 Å². The Bertz CT molecular complexity index is 507. The maximum absolute atomic E-state index is 10.7. The van der Waals surface area contributed by atoms with Crippen LogP contribution in [0.3, 0.4) is 0 Å². The number of fused-ring (bicyclic) bond motifs is 1. The van der Waals surface area contributed by atoms with Gasteiger partial charge < -0.3 is 4.42 Å². The molecule has 0 amide bonds. The Morgan fingerprint density at radius 3 is 2.43 bits per heavy atom. The second-order valence-corrected chi connectivity index (χ2v) is 3.64. The maximum atomic E-state index is 10.7. The van der Waals surface area contributed by atoms with Gasteiger partial charge in [-0.15, -0.1) is 0 Å². The fourth-order valence-corrected chi connectivity index (χ4v) is 1.61. The fourth-order valence-electron chi connectivity index (χ4n) is 1.61. The summed E-state index contributed by atoms with van der Waals surface area (Å²) in [4.78, 5) is 10.7. The Morgan fingerprint density at radius 1 is 1.14 bits per heavy atom. The Morgan fingerprint density at radius 2 is 1.79 bits per heavy atom. The molecule has 2 nitrogen and oxygen atoms in total. The van der Waals surface area contributed by atoms with Gasteiger partial charge in [0.1, 0.15) is 5.58 Å². The molecule has 0 saturated heterocycles. The third-order valence-electron chi connectivity index (χ3n) is 2.70. The van der Waals surface area contributed by atoms with Gasteiger partial charge in [0.2, 0.25) is 0 Å². The van der Waals surface area contributed by atoms with Gasteiger partial charge in [-0.1, -0.05) is 0 Å². The lowest BCUT2D eigenvalue weighted by molar-refractivity contribution is 0.110. The lowest BCUT2D eigenvalue weighted by atomic mass is 10.1. The highest BCUT2D eigenvalue weighted by Gasteiger charge is 2.10. The highest BCUT2D eigenvalue weighted by molar-refractivity contribution is 5.90. The van der Waals surface area contributed by atoms with Gasteiger partial charge in [0.25, 0.3) is 0 Å². The van der Waals surface area contributed by atoms with E-state index in [4.69, 9.17) is 4.42 Å². The van der Waals surface area contributed by atoms with Crippen molar-refractivity contribution in [1.29, 1.82) is 0 Å². The number of rotatable bonds is 1. The topological polar surface area (TPSA) is 30.2 Å². The van der Waals surface area contributed by atoms with Gasteiger partial charge in [0, 0.05) is 10.9 Å². The monoisotopic (exact) mass is 188 g/mol. The lowest BCUT2D eigenvalue weighted by Gasteiger charge is -1.98. The summed E-state index contributed by atoms with van der Waals surface area (Å²) in [7, 11) is 0. The summed E-state index contributed by atoms with van der Waals surface area (Å²) < 4.78 is 5.42. The van der Waals surface area contributed by atoms with Crippen LogP contribution in [0, 0.1) is 20.8 Å². The van der Waals surface area contributed by atoms with Crippen LogP contribution in [-0.2, 0) is 0 Å². The molecular formula is C12H12O2. The predicted octanol–water partition coefficient (Wildman–Crippen LogP) is 3.17. The first-order chi connectivity index (χ1) is 6.63. The van der Waals surface area contributed by atoms with Crippen molar-refractivity contribution in [1.82, 2.24) is 0 Å². The smallest absolute Gasteiger partial charge is 0.185 e. The van der Waals surface area contributed by atoms with Crippen LogP contribution in [0.25, 0.3) is 11.0 Å². The molecule has 0 spiro atoms. The molecule has 1 aromatic heterocycles. The Kier molecular flexibility index (Phi) is 1.92. The first kappa shape index (κ1) is 9.00. The standard InChI is InChI=1S/C12H12O2/c1-7-4-10-9(3)12(6-13)14-11(10)5-8(7)2/h4-6H,1-3H3. The summed E-state index contributed by atoms with van der Waals surface area (Å²) in [6.07, 6.45) is 0.764. The number of hydrogen-bond donors (Lipinski definition) is 0. The number of benzene rings is 1. The van der Waals surface area contributed by atoms with E-state index < -0.39 is 0 Å². The number of hydrogen-bond acceptors (Lipinski definition) is 2. The number of aryl methyl sites for hydroxylation is 3. The van der Waals surface area contributed by atoms with E-state index in [0.717, 1.165) is 22.8 Å². The van der Waals surface area contributed by atoms with Gasteiger partial charge in [-0.3, -0.25) is 4.79 Å². The van der Waals surface area contributed by atoms with Gasteiger partial charge in [-0.25, -0.2) is 0 Å². The van der Waals surface area contributed by atoms with Gasteiger partial charge in [0.05, 0.1) is 0 Å². The summed E-state index contributed by atoms with van der Waals surface area (Å²) in [5.74, 6) is 0.435. The van der Waals surface area contributed by atoms with E-state index in [1.54, 1.807) is 0 Å². The molecule has 1 aromatic carbocycles. The van der Waals surface area contributed by atoms with E-state index in [-0.39, 0.29) is 0 Å². The third kappa shape index (κ3) is 1.15. The van der Waals surface area contributed by atoms with Crippen molar-refractivity contribution in [2.45, 2.75) is 20.8 Å². The molecule has 0 atom stereocenters. The second-order valence-electron chi connectivity index (χ2n) is 3.64. The largest absolute Gasteiger partial charge is 0.453 e. The molecule has 72 valence electrons. The first-order valence-electron chi connectivity index (χ1n) is 4.59. The Balaban J connectivity index is 2.86. The van der Waals surface area contributed by atoms with E-state index in [9.17, 15) is 4.79 Å². The number of aldehydes is 1. The lowest BCUT2D eigenvalue weighted by Crippen LogP contribution is -1.80. The van der Waals surface area contributed by atoms with Crippen LogP contribution in [0.4, 0.5) is 0 Å². The van der Waals surface area contributed by atoms with Gasteiger partial charge in [-0.05, 0) is 44.0 Å². The number of furan rings is 1. The summed E-state index contributed by atoms with van der Waals surface area (Å²) in [6, 6.07) is 4.04. The number of carbonyl (C=O) groups is 1. The van der Waals surface area contributed by atoms with Gasteiger partial charge >= 0.3 is 0 Å². The first-order valence-corrected chi connectivity index (χ1v) is 4.59. The average Bonchev–Trinajstić information content (AvgIpc) is 2.45. The average molecular weight is 188 g/mol. The molecular weight excluding hydrogens is 176 g/mol. The predicted molar refractivity (Wildman–Crippen MR) is 55.8 cm³/mol. The zero-order valence-electron chi connectivity index (χ0n) is 8.55. The molecule has 2 rings (SSSR count). The van der Waals surface area contributed by atoms with Crippen molar-refractivity contribution in [2.75, 3.05) is 0 Å². The van der Waals surface area contributed by atoms with Crippen molar-refractivity contribution < 1.29 is 9.21 Å². The molecule has 0 fully saturated rings. The molecule has 2 aromatic rings. The van der Waals surface area contributed by atoms with Crippen molar-refractivity contribution in [3.63, 3.8) is 0 Å². The molecule has 0 saturated carbocycles. The molecule has 0 bridgehead atoms. The third-order valence-corrected chi connectivity index (χ3v) is 2.70. The van der Waals surface area contributed by atoms with Crippen molar-refractivity contribution >= 4 is 17.3 Å². The summed E-state index contributed by atoms with van der Waals surface area (Å²) in [5, 5.41) is 1.04. The molecule has 0 aliphatic rings. The fraction of sp³-hybridized carbons (Fsp3) is 0.250. The highest BCUT2D eigenvalue weighted by Crippen LogP contribution is 2.26. The molecule has 14 heavy (non-hydrogen) atoms. The number of carbonyl (C=O) groups excluding carboxylic acids is 1. The molecule has 0 radical (unpaired) electrons. The summed E-state index contributed by atoms with van der Waals surface area (Å²) in [6.45, 7) is 6.00. The van der Waals surface area contributed by atoms with Crippen LogP contribution in [0.1, 0.15) is 27.2 Å². The minimum Gasteiger partial charge on any atom is -0.453 e. The van der Waals surface area contributed by atoms with E-state index >= 15 is 0 Å². The van der Waals surface area contributed by atoms with Crippen LogP contribution in [0.15, 0.2) is 16.5 Å². The molecule has 0 N–H and O–H groups in total.